The lowest BCUT2D eigenvalue weighted by molar-refractivity contribution is -0.127. The maximum absolute atomic E-state index is 12.0. The summed E-state index contributed by atoms with van der Waals surface area (Å²) in [4.78, 5) is 18.5. The Morgan fingerprint density at radius 1 is 1.55 bits per heavy atom. The molecule has 2 atom stereocenters. The minimum atomic E-state index is -0.506. The smallest absolute Gasteiger partial charge is 0.238 e. The largest absolute Gasteiger partial charge is 0.368 e. The van der Waals surface area contributed by atoms with Crippen LogP contribution in [0.1, 0.15) is 31.5 Å². The molecule has 0 bridgehead atoms. The van der Waals surface area contributed by atoms with Gasteiger partial charge in [-0.05, 0) is 44.7 Å². The SMILES string of the molecule is NC(=O)C1([C@H]2CCN(Cc3ncn[nH]3)C2)CCCCN1. The minimum absolute atomic E-state index is 0.191. The average Bonchev–Trinajstić information content (AvgIpc) is 3.12. The molecule has 0 aromatic carbocycles. The van der Waals surface area contributed by atoms with E-state index in [0.29, 0.717) is 5.92 Å². The third kappa shape index (κ3) is 2.43. The van der Waals surface area contributed by atoms with Crippen molar-refractivity contribution in [2.45, 2.75) is 37.8 Å². The van der Waals surface area contributed by atoms with Crippen LogP contribution in [-0.2, 0) is 11.3 Å². The summed E-state index contributed by atoms with van der Waals surface area (Å²) >= 11 is 0. The number of likely N-dealkylation sites (tertiary alicyclic amines) is 1. The van der Waals surface area contributed by atoms with Gasteiger partial charge in [0.15, 0.2) is 0 Å². The van der Waals surface area contributed by atoms with E-state index in [2.05, 4.69) is 25.4 Å². The van der Waals surface area contributed by atoms with Crippen molar-refractivity contribution in [3.8, 4) is 0 Å². The van der Waals surface area contributed by atoms with Crippen LogP contribution in [-0.4, -0.2) is 51.2 Å². The number of aromatic nitrogens is 3. The fourth-order valence-corrected chi connectivity index (χ4v) is 3.59. The molecule has 7 nitrogen and oxygen atoms in total. The number of rotatable bonds is 4. The summed E-state index contributed by atoms with van der Waals surface area (Å²) in [5, 5.41) is 10.2. The maximum Gasteiger partial charge on any atom is 0.238 e. The zero-order valence-electron chi connectivity index (χ0n) is 11.6. The first-order valence-corrected chi connectivity index (χ1v) is 7.32. The number of carbonyl (C=O) groups is 1. The van der Waals surface area contributed by atoms with E-state index in [1.54, 1.807) is 0 Å². The number of nitrogens with zero attached hydrogens (tertiary/aromatic N) is 3. The van der Waals surface area contributed by atoms with Gasteiger partial charge >= 0.3 is 0 Å². The number of aromatic amines is 1. The second-order valence-corrected chi connectivity index (χ2v) is 5.87. The molecule has 2 aliphatic rings. The summed E-state index contributed by atoms with van der Waals surface area (Å²) < 4.78 is 0. The van der Waals surface area contributed by atoms with Crippen molar-refractivity contribution in [2.24, 2.45) is 11.7 Å². The van der Waals surface area contributed by atoms with E-state index in [-0.39, 0.29) is 5.91 Å². The van der Waals surface area contributed by atoms with E-state index in [1.165, 1.54) is 6.33 Å². The molecule has 2 saturated heterocycles. The molecule has 1 unspecified atom stereocenters. The average molecular weight is 278 g/mol. The predicted octanol–water partition coefficient (Wildman–Crippen LogP) is -0.376. The van der Waals surface area contributed by atoms with Crippen LogP contribution < -0.4 is 11.1 Å². The van der Waals surface area contributed by atoms with Gasteiger partial charge in [-0.3, -0.25) is 14.8 Å². The van der Waals surface area contributed by atoms with E-state index in [0.717, 1.165) is 57.7 Å². The van der Waals surface area contributed by atoms with Crippen LogP contribution in [0.25, 0.3) is 0 Å². The number of piperidine rings is 1. The molecule has 3 rings (SSSR count). The number of primary amides is 1. The van der Waals surface area contributed by atoms with Gasteiger partial charge in [0.1, 0.15) is 17.7 Å². The van der Waals surface area contributed by atoms with Crippen LogP contribution in [0.4, 0.5) is 0 Å². The fraction of sp³-hybridized carbons (Fsp3) is 0.769. The Hall–Kier alpha value is -1.47. The summed E-state index contributed by atoms with van der Waals surface area (Å²) in [6, 6.07) is 0. The molecule has 110 valence electrons. The van der Waals surface area contributed by atoms with Gasteiger partial charge in [-0.15, -0.1) is 0 Å². The molecular weight excluding hydrogens is 256 g/mol. The zero-order chi connectivity index (χ0) is 14.0. The fourth-order valence-electron chi connectivity index (χ4n) is 3.59. The van der Waals surface area contributed by atoms with Gasteiger partial charge < -0.3 is 11.1 Å². The zero-order valence-corrected chi connectivity index (χ0v) is 11.6. The van der Waals surface area contributed by atoms with Crippen LogP contribution >= 0.6 is 0 Å². The molecule has 0 aliphatic carbocycles. The molecule has 1 aromatic heterocycles. The Labute approximate surface area is 118 Å². The van der Waals surface area contributed by atoms with Crippen LogP contribution in [0.15, 0.2) is 6.33 Å². The highest BCUT2D eigenvalue weighted by molar-refractivity contribution is 5.85. The summed E-state index contributed by atoms with van der Waals surface area (Å²) in [5.41, 5.74) is 5.21. The number of hydrogen-bond donors (Lipinski definition) is 3. The van der Waals surface area contributed by atoms with Crippen molar-refractivity contribution in [3.05, 3.63) is 12.2 Å². The molecule has 1 amide bonds. The molecule has 2 fully saturated rings. The third-order valence-corrected chi connectivity index (χ3v) is 4.69. The van der Waals surface area contributed by atoms with E-state index < -0.39 is 5.54 Å². The second kappa shape index (κ2) is 5.49. The first-order valence-electron chi connectivity index (χ1n) is 7.32. The van der Waals surface area contributed by atoms with Gasteiger partial charge in [0.25, 0.3) is 0 Å². The molecule has 4 N–H and O–H groups in total. The van der Waals surface area contributed by atoms with Gasteiger partial charge in [0, 0.05) is 6.54 Å². The Balaban J connectivity index is 1.67. The lowest BCUT2D eigenvalue weighted by atomic mass is 9.76. The Kier molecular flexibility index (Phi) is 3.71. The number of amides is 1. The van der Waals surface area contributed by atoms with Crippen LogP contribution in [0.3, 0.4) is 0 Å². The molecule has 20 heavy (non-hydrogen) atoms. The van der Waals surface area contributed by atoms with Gasteiger partial charge in [0.2, 0.25) is 5.91 Å². The predicted molar refractivity (Wildman–Crippen MR) is 73.5 cm³/mol. The molecule has 0 radical (unpaired) electrons. The number of carbonyl (C=O) groups excluding carboxylic acids is 1. The van der Waals surface area contributed by atoms with Crippen molar-refractivity contribution in [2.75, 3.05) is 19.6 Å². The van der Waals surface area contributed by atoms with E-state index in [1.807, 2.05) is 0 Å². The molecule has 0 saturated carbocycles. The third-order valence-electron chi connectivity index (χ3n) is 4.69. The molecule has 1 aromatic rings. The van der Waals surface area contributed by atoms with Gasteiger partial charge in [0.05, 0.1) is 6.54 Å². The number of nitrogens with one attached hydrogen (secondary N) is 2. The quantitative estimate of drug-likeness (QED) is 0.697. The Bertz CT molecular complexity index is 453. The molecule has 7 heteroatoms. The topological polar surface area (TPSA) is 99.9 Å². The van der Waals surface area contributed by atoms with E-state index in [4.69, 9.17) is 5.73 Å². The highest BCUT2D eigenvalue weighted by Crippen LogP contribution is 2.34. The second-order valence-electron chi connectivity index (χ2n) is 5.87. The van der Waals surface area contributed by atoms with Crippen LogP contribution in [0.2, 0.25) is 0 Å². The van der Waals surface area contributed by atoms with Gasteiger partial charge in [-0.25, -0.2) is 4.98 Å². The molecule has 2 aliphatic heterocycles. The molecular formula is C13H22N6O. The minimum Gasteiger partial charge on any atom is -0.368 e. The van der Waals surface area contributed by atoms with E-state index in [9.17, 15) is 4.79 Å². The van der Waals surface area contributed by atoms with Crippen LogP contribution in [0.5, 0.6) is 0 Å². The van der Waals surface area contributed by atoms with Crippen molar-refractivity contribution < 1.29 is 4.79 Å². The first-order chi connectivity index (χ1) is 9.71. The summed E-state index contributed by atoms with van der Waals surface area (Å²) in [6.45, 7) is 3.51. The molecule has 3 heterocycles. The van der Waals surface area contributed by atoms with Crippen molar-refractivity contribution >= 4 is 5.91 Å². The molecule has 0 spiro atoms. The summed E-state index contributed by atoms with van der Waals surface area (Å²) in [7, 11) is 0. The monoisotopic (exact) mass is 278 g/mol. The van der Waals surface area contributed by atoms with Crippen LogP contribution in [0, 0.1) is 5.92 Å². The van der Waals surface area contributed by atoms with Crippen molar-refractivity contribution in [1.29, 1.82) is 0 Å². The first kappa shape index (κ1) is 13.5. The lowest BCUT2D eigenvalue weighted by Crippen LogP contribution is -2.62. The summed E-state index contributed by atoms with van der Waals surface area (Å²) in [6.07, 6.45) is 5.60. The van der Waals surface area contributed by atoms with Crippen molar-refractivity contribution in [1.82, 2.24) is 25.4 Å². The maximum atomic E-state index is 12.0. The van der Waals surface area contributed by atoms with E-state index >= 15 is 0 Å². The number of H-pyrrole nitrogens is 1. The standard InChI is InChI=1S/C13H22N6O/c14-12(20)13(4-1-2-5-16-13)10-3-6-19(7-10)8-11-15-9-17-18-11/h9-10,16H,1-8H2,(H2,14,20)(H,15,17,18)/t10-,13?/m0/s1. The van der Waals surface area contributed by atoms with Crippen molar-refractivity contribution in [3.63, 3.8) is 0 Å². The van der Waals surface area contributed by atoms with Gasteiger partial charge in [-0.1, -0.05) is 0 Å². The normalized spacial score (nSPS) is 31.5. The number of nitrogens with two attached hydrogens (primary N) is 1. The van der Waals surface area contributed by atoms with Gasteiger partial charge in [-0.2, -0.15) is 5.10 Å². The number of hydrogen-bond acceptors (Lipinski definition) is 5. The summed E-state index contributed by atoms with van der Waals surface area (Å²) in [5.74, 6) is 0.974. The Morgan fingerprint density at radius 3 is 3.10 bits per heavy atom. The highest BCUT2D eigenvalue weighted by atomic mass is 16.1. The lowest BCUT2D eigenvalue weighted by Gasteiger charge is -2.40. The highest BCUT2D eigenvalue weighted by Gasteiger charge is 2.47. The Morgan fingerprint density at radius 2 is 2.45 bits per heavy atom.